The Balaban J connectivity index is 1.66. The lowest BCUT2D eigenvalue weighted by molar-refractivity contribution is -0.133. The lowest BCUT2D eigenvalue weighted by atomic mass is 9.45. The molecule has 2 aliphatic rings. The molecular weight excluding hydrogens is 310 g/mol. The number of carbonyl (C=O) groups excluding carboxylic acids is 2. The third-order valence-electron chi connectivity index (χ3n) is 4.55. The minimum absolute atomic E-state index is 0.0535. The van der Waals surface area contributed by atoms with Crippen molar-refractivity contribution in [1.29, 1.82) is 5.26 Å². The molecule has 0 aromatic heterocycles. The van der Waals surface area contributed by atoms with Gasteiger partial charge in [0.15, 0.2) is 0 Å². The average molecular weight is 328 g/mol. The number of imide groups is 1. The van der Waals surface area contributed by atoms with E-state index in [9.17, 15) is 14.0 Å². The van der Waals surface area contributed by atoms with Gasteiger partial charge in [-0.15, -0.1) is 0 Å². The first-order valence-corrected chi connectivity index (χ1v) is 8.11. The molecule has 0 saturated carbocycles. The summed E-state index contributed by atoms with van der Waals surface area (Å²) >= 11 is 0. The van der Waals surface area contributed by atoms with Crippen LogP contribution in [0.4, 0.5) is 15.8 Å². The predicted molar refractivity (Wildman–Crippen MR) is 89.4 cm³/mol. The molecule has 2 heterocycles. The first-order chi connectivity index (χ1) is 11.6. The van der Waals surface area contributed by atoms with Crippen LogP contribution in [-0.2, 0) is 9.59 Å². The Morgan fingerprint density at radius 2 is 2.08 bits per heavy atom. The van der Waals surface area contributed by atoms with Gasteiger partial charge in [-0.05, 0) is 37.3 Å². The molecule has 1 aromatic rings. The SMILES string of the molecule is N#CB1CCN(c2ccc(NC3CCC(=O)NC3=O)cc2F)CC1. The molecule has 2 N–H and O–H groups in total. The monoisotopic (exact) mass is 328 g/mol. The fourth-order valence-corrected chi connectivity index (χ4v) is 3.14. The third-order valence-corrected chi connectivity index (χ3v) is 4.55. The molecule has 1 aromatic carbocycles. The molecule has 0 radical (unpaired) electrons. The van der Waals surface area contributed by atoms with E-state index in [4.69, 9.17) is 5.26 Å². The third kappa shape index (κ3) is 3.50. The zero-order valence-electron chi connectivity index (χ0n) is 13.2. The van der Waals surface area contributed by atoms with Crippen molar-refractivity contribution >= 4 is 29.9 Å². The van der Waals surface area contributed by atoms with Gasteiger partial charge >= 0.3 is 0 Å². The lowest BCUT2D eigenvalue weighted by Gasteiger charge is -2.30. The summed E-state index contributed by atoms with van der Waals surface area (Å²) in [6, 6.07) is 4.27. The summed E-state index contributed by atoms with van der Waals surface area (Å²) in [5, 5.41) is 14.2. The molecule has 8 heteroatoms. The maximum absolute atomic E-state index is 14.4. The Bertz CT molecular complexity index is 698. The first kappa shape index (κ1) is 16.3. The van der Waals surface area contributed by atoms with Crippen LogP contribution >= 0.6 is 0 Å². The molecular formula is C16H18BFN4O2. The highest BCUT2D eigenvalue weighted by Gasteiger charge is 2.27. The smallest absolute Gasteiger partial charge is 0.271 e. The summed E-state index contributed by atoms with van der Waals surface area (Å²) in [5.74, 6) is 1.24. The van der Waals surface area contributed by atoms with E-state index in [0.717, 1.165) is 12.6 Å². The second-order valence-corrected chi connectivity index (χ2v) is 6.20. The van der Waals surface area contributed by atoms with Crippen LogP contribution in [-0.4, -0.2) is 37.7 Å². The number of carbonyl (C=O) groups is 2. The molecule has 6 nitrogen and oxygen atoms in total. The van der Waals surface area contributed by atoms with Gasteiger partial charge in [0.05, 0.1) is 5.69 Å². The zero-order chi connectivity index (χ0) is 17.1. The molecule has 0 spiro atoms. The van der Waals surface area contributed by atoms with Crippen LogP contribution < -0.4 is 15.5 Å². The molecule has 0 bridgehead atoms. The fraction of sp³-hybridized carbons (Fsp3) is 0.438. The maximum atomic E-state index is 14.4. The Morgan fingerprint density at radius 3 is 2.71 bits per heavy atom. The molecule has 3 rings (SSSR count). The van der Waals surface area contributed by atoms with Crippen molar-refractivity contribution in [3.63, 3.8) is 0 Å². The predicted octanol–water partition coefficient (Wildman–Crippen LogP) is 1.42. The molecule has 0 aliphatic carbocycles. The van der Waals surface area contributed by atoms with Crippen molar-refractivity contribution < 1.29 is 14.0 Å². The topological polar surface area (TPSA) is 85.2 Å². The van der Waals surface area contributed by atoms with Gasteiger partial charge in [0.2, 0.25) is 11.8 Å². The number of hydrogen-bond donors (Lipinski definition) is 2. The van der Waals surface area contributed by atoms with E-state index >= 15 is 0 Å². The Hall–Kier alpha value is -2.56. The molecule has 1 unspecified atom stereocenters. The number of amides is 2. The van der Waals surface area contributed by atoms with Gasteiger partial charge < -0.3 is 10.2 Å². The van der Waals surface area contributed by atoms with Crippen molar-refractivity contribution in [2.24, 2.45) is 0 Å². The molecule has 124 valence electrons. The van der Waals surface area contributed by atoms with E-state index in [-0.39, 0.29) is 30.8 Å². The standard InChI is InChI=1S/C16H18BFN4O2/c18-12-9-11(20-13-2-4-15(23)21-16(13)24)1-3-14(12)22-7-5-17(10-19)6-8-22/h1,3,9,13,20H,2,4-8H2,(H,21,23,24). The average Bonchev–Trinajstić information content (AvgIpc) is 2.58. The minimum Gasteiger partial charge on any atom is -0.374 e. The highest BCUT2D eigenvalue weighted by molar-refractivity contribution is 6.67. The Labute approximate surface area is 140 Å². The Morgan fingerprint density at radius 1 is 1.33 bits per heavy atom. The zero-order valence-corrected chi connectivity index (χ0v) is 13.2. The summed E-state index contributed by atoms with van der Waals surface area (Å²) in [7, 11) is 0. The molecule has 2 saturated heterocycles. The number of nitrogens with one attached hydrogen (secondary N) is 2. The van der Waals surface area contributed by atoms with E-state index in [2.05, 4.69) is 16.6 Å². The molecule has 2 fully saturated rings. The van der Waals surface area contributed by atoms with Crippen molar-refractivity contribution in [1.82, 2.24) is 5.32 Å². The fourth-order valence-electron chi connectivity index (χ4n) is 3.14. The first-order valence-electron chi connectivity index (χ1n) is 8.11. The number of nitrogens with zero attached hydrogens (tertiary/aromatic N) is 2. The quantitative estimate of drug-likeness (QED) is 0.647. The van der Waals surface area contributed by atoms with Gasteiger partial charge in [-0.1, -0.05) is 0 Å². The largest absolute Gasteiger partial charge is 0.374 e. The van der Waals surface area contributed by atoms with Crippen molar-refractivity contribution in [3.8, 4) is 5.97 Å². The normalized spacial score (nSPS) is 21.2. The molecule has 1 atom stereocenters. The van der Waals surface area contributed by atoms with Crippen molar-refractivity contribution in [2.75, 3.05) is 23.3 Å². The molecule has 2 aliphatic heterocycles. The van der Waals surface area contributed by atoms with Crippen LogP contribution in [0.25, 0.3) is 0 Å². The Kier molecular flexibility index (Phi) is 4.70. The minimum atomic E-state index is -0.528. The van der Waals surface area contributed by atoms with Gasteiger partial charge in [-0.3, -0.25) is 14.9 Å². The number of halogens is 1. The van der Waals surface area contributed by atoms with E-state index in [1.807, 2.05) is 4.90 Å². The molecule has 24 heavy (non-hydrogen) atoms. The number of hydrogen-bond acceptors (Lipinski definition) is 5. The maximum Gasteiger partial charge on any atom is 0.271 e. The highest BCUT2D eigenvalue weighted by Crippen LogP contribution is 2.26. The van der Waals surface area contributed by atoms with E-state index < -0.39 is 6.04 Å². The van der Waals surface area contributed by atoms with Crippen molar-refractivity contribution in [2.45, 2.75) is 31.5 Å². The van der Waals surface area contributed by atoms with Crippen LogP contribution in [0, 0.1) is 17.0 Å². The van der Waals surface area contributed by atoms with Crippen LogP contribution in [0.15, 0.2) is 18.2 Å². The van der Waals surface area contributed by atoms with Gasteiger partial charge in [-0.25, -0.2) is 9.65 Å². The van der Waals surface area contributed by atoms with E-state index in [0.29, 0.717) is 30.9 Å². The second-order valence-electron chi connectivity index (χ2n) is 6.20. The van der Waals surface area contributed by atoms with E-state index in [1.54, 1.807) is 12.1 Å². The van der Waals surface area contributed by atoms with E-state index in [1.165, 1.54) is 6.07 Å². The lowest BCUT2D eigenvalue weighted by Crippen LogP contribution is -2.47. The highest BCUT2D eigenvalue weighted by atomic mass is 19.1. The second kappa shape index (κ2) is 6.91. The summed E-state index contributed by atoms with van der Waals surface area (Å²) < 4.78 is 14.4. The summed E-state index contributed by atoms with van der Waals surface area (Å²) in [6.45, 7) is 1.38. The summed E-state index contributed by atoms with van der Waals surface area (Å²) in [6.07, 6.45) is 2.16. The number of rotatable bonds is 3. The van der Waals surface area contributed by atoms with Crippen LogP contribution in [0.1, 0.15) is 12.8 Å². The van der Waals surface area contributed by atoms with Gasteiger partial charge in [0.25, 0.3) is 6.71 Å². The number of nitriles is 1. The van der Waals surface area contributed by atoms with Gasteiger partial charge in [0.1, 0.15) is 11.9 Å². The van der Waals surface area contributed by atoms with Crippen molar-refractivity contribution in [3.05, 3.63) is 24.0 Å². The van der Waals surface area contributed by atoms with Crippen LogP contribution in [0.5, 0.6) is 0 Å². The van der Waals surface area contributed by atoms with Gasteiger partial charge in [-0.2, -0.15) is 0 Å². The number of piperidine rings is 1. The molecule has 2 amide bonds. The summed E-state index contributed by atoms with van der Waals surface area (Å²) in [4.78, 5) is 24.8. The number of benzene rings is 1. The van der Waals surface area contributed by atoms with Crippen LogP contribution in [0.3, 0.4) is 0 Å². The summed E-state index contributed by atoms with van der Waals surface area (Å²) in [5.41, 5.74) is 1.03. The van der Waals surface area contributed by atoms with Crippen LogP contribution in [0.2, 0.25) is 12.6 Å². The van der Waals surface area contributed by atoms with Gasteiger partial charge in [0, 0.05) is 31.2 Å². The number of anilines is 2.